The largest absolute Gasteiger partial charge is 0.384 e. The van der Waals surface area contributed by atoms with Crippen molar-refractivity contribution in [3.8, 4) is 0 Å². The van der Waals surface area contributed by atoms with Gasteiger partial charge in [0.25, 0.3) is 0 Å². The fourth-order valence-corrected chi connectivity index (χ4v) is 2.55. The molecule has 0 saturated heterocycles. The summed E-state index contributed by atoms with van der Waals surface area (Å²) >= 11 is 0. The molecule has 20 heavy (non-hydrogen) atoms. The van der Waals surface area contributed by atoms with Gasteiger partial charge < -0.3 is 14.6 Å². The van der Waals surface area contributed by atoms with E-state index in [0.29, 0.717) is 18.3 Å². The van der Waals surface area contributed by atoms with Crippen LogP contribution in [0.25, 0.3) is 0 Å². The third kappa shape index (κ3) is 2.18. The van der Waals surface area contributed by atoms with Gasteiger partial charge in [-0.3, -0.25) is 0 Å². The number of para-hydroxylation sites is 1. The van der Waals surface area contributed by atoms with Crippen LogP contribution in [0.4, 0.5) is 5.69 Å². The van der Waals surface area contributed by atoms with Gasteiger partial charge in [-0.25, -0.2) is 0 Å². The molecule has 1 N–H and O–H groups in total. The molecule has 1 aromatic heterocycles. The van der Waals surface area contributed by atoms with E-state index < -0.39 is 5.60 Å². The zero-order chi connectivity index (χ0) is 14.2. The summed E-state index contributed by atoms with van der Waals surface area (Å²) in [5.74, 6) is 1.36. The molecule has 0 bridgehead atoms. The van der Waals surface area contributed by atoms with Gasteiger partial charge in [-0.05, 0) is 32.4 Å². The summed E-state index contributed by atoms with van der Waals surface area (Å²) in [6, 6.07) is 8.21. The summed E-state index contributed by atoms with van der Waals surface area (Å²) < 4.78 is 11.1. The normalized spacial score (nSPS) is 17.9. The van der Waals surface area contributed by atoms with Gasteiger partial charge in [-0.15, -0.1) is 0 Å². The zero-order valence-corrected chi connectivity index (χ0v) is 12.0. The predicted molar refractivity (Wildman–Crippen MR) is 75.7 cm³/mol. The van der Waals surface area contributed by atoms with Crippen LogP contribution < -0.4 is 5.32 Å². The first-order valence-corrected chi connectivity index (χ1v) is 6.92. The lowest BCUT2D eigenvalue weighted by Crippen LogP contribution is -2.23. The molecule has 5 heteroatoms. The molecule has 2 aromatic rings. The van der Waals surface area contributed by atoms with Gasteiger partial charge in [0, 0.05) is 18.8 Å². The van der Waals surface area contributed by atoms with Gasteiger partial charge >= 0.3 is 0 Å². The van der Waals surface area contributed by atoms with E-state index in [1.165, 1.54) is 5.56 Å². The zero-order valence-electron chi connectivity index (χ0n) is 12.0. The number of hydrogen-bond acceptors (Lipinski definition) is 5. The first-order chi connectivity index (χ1) is 9.62. The van der Waals surface area contributed by atoms with E-state index >= 15 is 0 Å². The number of nitrogens with zero attached hydrogens (tertiary/aromatic N) is 2. The molecule has 106 valence electrons. The second-order valence-corrected chi connectivity index (χ2v) is 5.42. The molecule has 0 radical (unpaired) electrons. The quantitative estimate of drug-likeness (QED) is 0.928. The van der Waals surface area contributed by atoms with Crippen LogP contribution in [0, 0.1) is 0 Å². The van der Waals surface area contributed by atoms with Crippen molar-refractivity contribution in [2.75, 3.05) is 18.5 Å². The third-order valence-corrected chi connectivity index (χ3v) is 3.62. The molecular formula is C15H19N3O2. The van der Waals surface area contributed by atoms with Crippen molar-refractivity contribution in [3.05, 3.63) is 41.5 Å². The highest BCUT2D eigenvalue weighted by molar-refractivity contribution is 5.59. The maximum atomic E-state index is 5.66. The Balaban J connectivity index is 1.89. The summed E-state index contributed by atoms with van der Waals surface area (Å²) in [6.07, 6.45) is 0. The number of fused-ring (bicyclic) bond motifs is 1. The van der Waals surface area contributed by atoms with Crippen LogP contribution in [0.3, 0.4) is 0 Å². The molecule has 1 aliphatic heterocycles. The van der Waals surface area contributed by atoms with Crippen LogP contribution in [-0.2, 0) is 10.3 Å². The minimum absolute atomic E-state index is 0.116. The first-order valence-electron chi connectivity index (χ1n) is 6.92. The molecule has 0 fully saturated rings. The topological polar surface area (TPSA) is 60.2 Å². The lowest BCUT2D eigenvalue weighted by atomic mass is 10.0. The van der Waals surface area contributed by atoms with Crippen LogP contribution in [0.2, 0.25) is 0 Å². The summed E-state index contributed by atoms with van der Waals surface area (Å²) in [6.45, 7) is 7.26. The van der Waals surface area contributed by atoms with Crippen molar-refractivity contribution in [1.29, 1.82) is 0 Å². The highest BCUT2D eigenvalue weighted by Crippen LogP contribution is 2.35. The minimum Gasteiger partial charge on any atom is -0.384 e. The highest BCUT2D eigenvalue weighted by Gasteiger charge is 2.32. The Hall–Kier alpha value is -1.88. The Morgan fingerprint density at radius 1 is 1.40 bits per heavy atom. The predicted octanol–water partition coefficient (Wildman–Crippen LogP) is 2.90. The summed E-state index contributed by atoms with van der Waals surface area (Å²) in [4.78, 5) is 4.54. The maximum absolute atomic E-state index is 5.66. The molecule has 0 amide bonds. The molecule has 1 atom stereocenters. The number of anilines is 1. The number of aromatic nitrogens is 2. The Labute approximate surface area is 118 Å². The molecule has 1 aliphatic rings. The average molecular weight is 273 g/mol. The molecule has 2 heterocycles. The summed E-state index contributed by atoms with van der Waals surface area (Å²) in [5, 5.41) is 7.45. The van der Waals surface area contributed by atoms with Crippen molar-refractivity contribution in [2.45, 2.75) is 32.3 Å². The molecule has 0 aliphatic carbocycles. The number of rotatable bonds is 4. The van der Waals surface area contributed by atoms with Crippen molar-refractivity contribution in [1.82, 2.24) is 10.1 Å². The van der Waals surface area contributed by atoms with Gasteiger partial charge in [0.1, 0.15) is 5.60 Å². The Morgan fingerprint density at radius 3 is 3.00 bits per heavy atom. The monoisotopic (exact) mass is 273 g/mol. The Morgan fingerprint density at radius 2 is 2.20 bits per heavy atom. The second-order valence-electron chi connectivity index (χ2n) is 5.42. The van der Waals surface area contributed by atoms with Crippen LogP contribution in [0.5, 0.6) is 0 Å². The van der Waals surface area contributed by atoms with E-state index in [-0.39, 0.29) is 5.92 Å². The Kier molecular flexibility index (Phi) is 3.22. The molecule has 5 nitrogen and oxygen atoms in total. The SMILES string of the molecule is CCOC(C)(C)c1noc(C2CNc3ccccc32)n1. The van der Waals surface area contributed by atoms with Crippen LogP contribution in [-0.4, -0.2) is 23.3 Å². The van der Waals surface area contributed by atoms with E-state index in [0.717, 1.165) is 12.2 Å². The van der Waals surface area contributed by atoms with E-state index in [4.69, 9.17) is 9.26 Å². The van der Waals surface area contributed by atoms with Gasteiger partial charge in [-0.2, -0.15) is 4.98 Å². The smallest absolute Gasteiger partial charge is 0.236 e. The van der Waals surface area contributed by atoms with Crippen molar-refractivity contribution < 1.29 is 9.26 Å². The van der Waals surface area contributed by atoms with E-state index in [1.807, 2.05) is 32.9 Å². The van der Waals surface area contributed by atoms with Gasteiger partial charge in [-0.1, -0.05) is 23.4 Å². The fourth-order valence-electron chi connectivity index (χ4n) is 2.55. The molecule has 1 aromatic carbocycles. The summed E-state index contributed by atoms with van der Waals surface area (Å²) in [5.41, 5.74) is 1.82. The number of benzene rings is 1. The molecular weight excluding hydrogens is 254 g/mol. The molecule has 0 saturated carbocycles. The number of nitrogens with one attached hydrogen (secondary N) is 1. The fraction of sp³-hybridized carbons (Fsp3) is 0.467. The second kappa shape index (κ2) is 4.90. The van der Waals surface area contributed by atoms with Crippen molar-refractivity contribution in [2.24, 2.45) is 0 Å². The third-order valence-electron chi connectivity index (χ3n) is 3.62. The first kappa shape index (κ1) is 13.1. The lowest BCUT2D eigenvalue weighted by Gasteiger charge is -2.19. The average Bonchev–Trinajstić information content (AvgIpc) is 3.05. The standard InChI is InChI=1S/C15H19N3O2/c1-4-19-15(2,3)14-17-13(20-18-14)11-9-16-12-8-6-5-7-10(11)12/h5-8,11,16H,4,9H2,1-3H3. The van der Waals surface area contributed by atoms with Crippen molar-refractivity contribution in [3.63, 3.8) is 0 Å². The summed E-state index contributed by atoms with van der Waals surface area (Å²) in [7, 11) is 0. The highest BCUT2D eigenvalue weighted by atomic mass is 16.5. The van der Waals surface area contributed by atoms with E-state index in [1.54, 1.807) is 0 Å². The van der Waals surface area contributed by atoms with Gasteiger partial charge in [0.05, 0.1) is 5.92 Å². The molecule has 1 unspecified atom stereocenters. The number of hydrogen-bond donors (Lipinski definition) is 1. The van der Waals surface area contributed by atoms with Crippen molar-refractivity contribution >= 4 is 5.69 Å². The van der Waals surface area contributed by atoms with Gasteiger partial charge in [0.2, 0.25) is 11.7 Å². The van der Waals surface area contributed by atoms with Crippen LogP contribution in [0.15, 0.2) is 28.8 Å². The molecule has 0 spiro atoms. The maximum Gasteiger partial charge on any atom is 0.236 e. The van der Waals surface area contributed by atoms with E-state index in [2.05, 4.69) is 27.6 Å². The number of ether oxygens (including phenoxy) is 1. The van der Waals surface area contributed by atoms with Gasteiger partial charge in [0.15, 0.2) is 0 Å². The lowest BCUT2D eigenvalue weighted by molar-refractivity contribution is -0.0221. The van der Waals surface area contributed by atoms with E-state index in [9.17, 15) is 0 Å². The van der Waals surface area contributed by atoms with Crippen LogP contribution >= 0.6 is 0 Å². The molecule has 3 rings (SSSR count). The minimum atomic E-state index is -0.526. The Bertz CT molecular complexity index is 607. The van der Waals surface area contributed by atoms with Crippen LogP contribution in [0.1, 0.15) is 44.0 Å².